The molecular formula is C8H14O4S. The van der Waals surface area contributed by atoms with Crippen LogP contribution in [0.2, 0.25) is 0 Å². The molecule has 0 spiro atoms. The predicted octanol–water partition coefficient (Wildman–Crippen LogP) is 1.40. The Morgan fingerprint density at radius 2 is 1.62 bits per heavy atom. The SMILES string of the molecule is O=C(O)CCCC(S)CCC(=O)O. The first-order valence-electron chi connectivity index (χ1n) is 4.14. The first-order chi connectivity index (χ1) is 6.02. The van der Waals surface area contributed by atoms with Gasteiger partial charge in [-0.15, -0.1) is 0 Å². The molecule has 0 rings (SSSR count). The van der Waals surface area contributed by atoms with Gasteiger partial charge in [-0.25, -0.2) is 0 Å². The van der Waals surface area contributed by atoms with Gasteiger partial charge in [0.2, 0.25) is 0 Å². The summed E-state index contributed by atoms with van der Waals surface area (Å²) < 4.78 is 0. The fourth-order valence-corrected chi connectivity index (χ4v) is 1.24. The third-order valence-corrected chi connectivity index (χ3v) is 2.14. The van der Waals surface area contributed by atoms with Crippen LogP contribution in [0.1, 0.15) is 32.1 Å². The molecule has 0 saturated carbocycles. The second-order valence-electron chi connectivity index (χ2n) is 2.87. The van der Waals surface area contributed by atoms with Gasteiger partial charge >= 0.3 is 11.9 Å². The zero-order valence-electron chi connectivity index (χ0n) is 7.27. The van der Waals surface area contributed by atoms with Crippen molar-refractivity contribution in [1.82, 2.24) is 0 Å². The van der Waals surface area contributed by atoms with Crippen LogP contribution in [0.15, 0.2) is 0 Å². The van der Waals surface area contributed by atoms with Gasteiger partial charge in [0.05, 0.1) is 0 Å². The summed E-state index contributed by atoms with van der Waals surface area (Å²) in [6, 6.07) is 0. The predicted molar refractivity (Wildman–Crippen MR) is 51.1 cm³/mol. The number of rotatable bonds is 7. The fourth-order valence-electron chi connectivity index (χ4n) is 0.923. The number of hydrogen-bond acceptors (Lipinski definition) is 3. The fraction of sp³-hybridized carbons (Fsp3) is 0.750. The molecule has 5 heteroatoms. The number of aliphatic carboxylic acids is 2. The van der Waals surface area contributed by atoms with Crippen LogP contribution in [0.3, 0.4) is 0 Å². The zero-order valence-corrected chi connectivity index (χ0v) is 8.17. The monoisotopic (exact) mass is 206 g/mol. The first kappa shape index (κ1) is 12.3. The molecule has 0 amide bonds. The Morgan fingerprint density at radius 1 is 1.08 bits per heavy atom. The molecule has 0 heterocycles. The van der Waals surface area contributed by atoms with Crippen molar-refractivity contribution in [2.24, 2.45) is 0 Å². The summed E-state index contributed by atoms with van der Waals surface area (Å²) in [6.07, 6.45) is 1.94. The van der Waals surface area contributed by atoms with Crippen molar-refractivity contribution in [2.75, 3.05) is 0 Å². The van der Waals surface area contributed by atoms with Crippen molar-refractivity contribution in [2.45, 2.75) is 37.4 Å². The van der Waals surface area contributed by atoms with E-state index < -0.39 is 11.9 Å². The second-order valence-corrected chi connectivity index (χ2v) is 3.60. The number of carbonyl (C=O) groups is 2. The van der Waals surface area contributed by atoms with E-state index in [1.807, 2.05) is 0 Å². The van der Waals surface area contributed by atoms with Gasteiger partial charge in [-0.05, 0) is 19.3 Å². The molecule has 0 aliphatic rings. The molecule has 0 aliphatic heterocycles. The molecule has 13 heavy (non-hydrogen) atoms. The maximum Gasteiger partial charge on any atom is 0.303 e. The summed E-state index contributed by atoms with van der Waals surface area (Å²) in [7, 11) is 0. The van der Waals surface area contributed by atoms with Crippen LogP contribution in [0, 0.1) is 0 Å². The van der Waals surface area contributed by atoms with Crippen LogP contribution in [-0.4, -0.2) is 27.4 Å². The van der Waals surface area contributed by atoms with E-state index in [0.717, 1.165) is 0 Å². The summed E-state index contributed by atoms with van der Waals surface area (Å²) in [6.45, 7) is 0. The van der Waals surface area contributed by atoms with Gasteiger partial charge in [0.15, 0.2) is 0 Å². The van der Waals surface area contributed by atoms with Crippen LogP contribution in [0.4, 0.5) is 0 Å². The maximum atomic E-state index is 10.2. The largest absolute Gasteiger partial charge is 0.481 e. The molecule has 0 saturated heterocycles. The lowest BCUT2D eigenvalue weighted by Crippen LogP contribution is -2.05. The molecule has 0 aromatic rings. The minimum Gasteiger partial charge on any atom is -0.481 e. The van der Waals surface area contributed by atoms with Crippen LogP contribution in [0.25, 0.3) is 0 Å². The van der Waals surface area contributed by atoms with Gasteiger partial charge in [-0.2, -0.15) is 12.6 Å². The van der Waals surface area contributed by atoms with Gasteiger partial charge in [-0.3, -0.25) is 9.59 Å². The summed E-state index contributed by atoms with van der Waals surface area (Å²) in [5.41, 5.74) is 0. The molecule has 76 valence electrons. The summed E-state index contributed by atoms with van der Waals surface area (Å²) >= 11 is 4.15. The van der Waals surface area contributed by atoms with Crippen molar-refractivity contribution < 1.29 is 19.8 Å². The molecule has 0 aromatic carbocycles. The Bertz CT molecular complexity index is 181. The van der Waals surface area contributed by atoms with E-state index in [9.17, 15) is 9.59 Å². The van der Waals surface area contributed by atoms with Crippen molar-refractivity contribution in [3.63, 3.8) is 0 Å². The van der Waals surface area contributed by atoms with Crippen molar-refractivity contribution >= 4 is 24.6 Å². The zero-order chi connectivity index (χ0) is 10.3. The second kappa shape index (κ2) is 6.77. The van der Waals surface area contributed by atoms with E-state index in [1.54, 1.807) is 0 Å². The van der Waals surface area contributed by atoms with Crippen LogP contribution < -0.4 is 0 Å². The van der Waals surface area contributed by atoms with E-state index in [-0.39, 0.29) is 18.1 Å². The number of carboxylic acids is 2. The van der Waals surface area contributed by atoms with E-state index in [1.165, 1.54) is 0 Å². The molecule has 0 aliphatic carbocycles. The maximum absolute atomic E-state index is 10.2. The standard InChI is InChI=1S/C8H14O4S/c9-7(10)3-1-2-6(13)4-5-8(11)12/h6,13H,1-5H2,(H,9,10)(H,11,12). The Balaban J connectivity index is 3.35. The third kappa shape index (κ3) is 9.20. The summed E-state index contributed by atoms with van der Waals surface area (Å²) in [5.74, 6) is -1.66. The molecular weight excluding hydrogens is 192 g/mol. The highest BCUT2D eigenvalue weighted by Gasteiger charge is 2.07. The molecule has 0 fully saturated rings. The van der Waals surface area contributed by atoms with Crippen LogP contribution in [-0.2, 0) is 9.59 Å². The Morgan fingerprint density at radius 3 is 2.08 bits per heavy atom. The van der Waals surface area contributed by atoms with E-state index >= 15 is 0 Å². The third-order valence-electron chi connectivity index (χ3n) is 1.62. The van der Waals surface area contributed by atoms with Gasteiger partial charge in [-0.1, -0.05) is 0 Å². The van der Waals surface area contributed by atoms with Gasteiger partial charge in [0.25, 0.3) is 0 Å². The minimum absolute atomic E-state index is 0.00421. The highest BCUT2D eigenvalue weighted by Crippen LogP contribution is 2.12. The number of thiol groups is 1. The average molecular weight is 206 g/mol. The van der Waals surface area contributed by atoms with Crippen molar-refractivity contribution in [3.8, 4) is 0 Å². The Hall–Kier alpha value is -0.710. The van der Waals surface area contributed by atoms with Gasteiger partial charge in [0, 0.05) is 18.1 Å². The Labute approximate surface area is 82.4 Å². The molecule has 0 bridgehead atoms. The summed E-state index contributed by atoms with van der Waals surface area (Å²) in [5, 5.41) is 16.7. The lowest BCUT2D eigenvalue weighted by atomic mass is 10.1. The summed E-state index contributed by atoms with van der Waals surface area (Å²) in [4.78, 5) is 20.3. The topological polar surface area (TPSA) is 74.6 Å². The molecule has 1 atom stereocenters. The molecule has 2 N–H and O–H groups in total. The number of hydrogen-bond donors (Lipinski definition) is 3. The molecule has 0 radical (unpaired) electrons. The molecule has 4 nitrogen and oxygen atoms in total. The minimum atomic E-state index is -0.836. The van der Waals surface area contributed by atoms with Gasteiger partial charge in [0.1, 0.15) is 0 Å². The molecule has 0 aromatic heterocycles. The van der Waals surface area contributed by atoms with E-state index in [2.05, 4.69) is 12.6 Å². The lowest BCUT2D eigenvalue weighted by Gasteiger charge is -2.06. The number of carboxylic acid groups (broad SMARTS) is 2. The Kier molecular flexibility index (Phi) is 6.40. The highest BCUT2D eigenvalue weighted by molar-refractivity contribution is 7.80. The smallest absolute Gasteiger partial charge is 0.303 e. The van der Waals surface area contributed by atoms with Crippen molar-refractivity contribution in [1.29, 1.82) is 0 Å². The van der Waals surface area contributed by atoms with Crippen molar-refractivity contribution in [3.05, 3.63) is 0 Å². The molecule has 1 unspecified atom stereocenters. The first-order valence-corrected chi connectivity index (χ1v) is 4.65. The highest BCUT2D eigenvalue weighted by atomic mass is 32.1. The van der Waals surface area contributed by atoms with E-state index in [0.29, 0.717) is 19.3 Å². The van der Waals surface area contributed by atoms with E-state index in [4.69, 9.17) is 10.2 Å². The van der Waals surface area contributed by atoms with Gasteiger partial charge < -0.3 is 10.2 Å². The van der Waals surface area contributed by atoms with Crippen LogP contribution in [0.5, 0.6) is 0 Å². The quantitative estimate of drug-likeness (QED) is 0.550. The average Bonchev–Trinajstić information content (AvgIpc) is 2.00. The lowest BCUT2D eigenvalue weighted by molar-refractivity contribution is -0.138. The normalized spacial score (nSPS) is 12.4. The van der Waals surface area contributed by atoms with Crippen LogP contribution >= 0.6 is 12.6 Å².